The first kappa shape index (κ1) is 32.8. The molecule has 2 nitrogen and oxygen atoms in total. The molecule has 43 heavy (non-hydrogen) atoms. The highest BCUT2D eigenvalue weighted by molar-refractivity contribution is 6.75. The fraction of sp³-hybridized carbons (Fsp3) is 0.641. The Labute approximate surface area is 266 Å². The average Bonchev–Trinajstić information content (AvgIpc) is 2.89. The zero-order valence-corrected chi connectivity index (χ0v) is 31.1. The summed E-state index contributed by atoms with van der Waals surface area (Å²) in [6.45, 7) is 24.3. The smallest absolute Gasteiger partial charge is 0.250 e. The summed E-state index contributed by atoms with van der Waals surface area (Å²) in [5.74, 6) is 3.98. The lowest BCUT2D eigenvalue weighted by atomic mass is 9.48. The van der Waals surface area contributed by atoms with Crippen LogP contribution in [0.5, 0.6) is 5.75 Å². The van der Waals surface area contributed by atoms with Crippen LogP contribution in [-0.2, 0) is 16.3 Å². The van der Waals surface area contributed by atoms with Crippen LogP contribution in [0.15, 0.2) is 54.6 Å². The van der Waals surface area contributed by atoms with Crippen molar-refractivity contribution >= 4 is 22.2 Å². The molecular weight excluding hydrogens is 557 g/mol. The molecule has 2 aromatic rings. The Morgan fingerprint density at radius 1 is 0.791 bits per heavy atom. The van der Waals surface area contributed by atoms with Crippen molar-refractivity contribution in [3.63, 3.8) is 0 Å². The van der Waals surface area contributed by atoms with Gasteiger partial charge in [-0.25, -0.2) is 0 Å². The van der Waals surface area contributed by atoms with Crippen molar-refractivity contribution in [3.8, 4) is 5.75 Å². The first-order chi connectivity index (χ1) is 20.0. The molecule has 0 aliphatic heterocycles. The van der Waals surface area contributed by atoms with E-state index < -0.39 is 16.6 Å². The van der Waals surface area contributed by atoms with E-state index in [1.165, 1.54) is 61.0 Å². The van der Waals surface area contributed by atoms with Gasteiger partial charge in [0.25, 0.3) is 0 Å². The minimum atomic E-state index is -1.94. The topological polar surface area (TPSA) is 18.5 Å². The summed E-state index contributed by atoms with van der Waals surface area (Å²) in [5.41, 5.74) is 5.95. The lowest BCUT2D eigenvalue weighted by molar-refractivity contribution is -0.00589. The molecule has 0 unspecified atom stereocenters. The summed E-state index contributed by atoms with van der Waals surface area (Å²) in [6, 6.07) is 18.2. The molecular formula is C39H60O2Si2. The van der Waals surface area contributed by atoms with Gasteiger partial charge in [-0.15, -0.1) is 0 Å². The van der Waals surface area contributed by atoms with Crippen LogP contribution in [0.3, 0.4) is 0 Å². The van der Waals surface area contributed by atoms with Crippen molar-refractivity contribution in [3.05, 3.63) is 71.3 Å². The maximum atomic E-state index is 7.15. The van der Waals surface area contributed by atoms with E-state index >= 15 is 0 Å². The van der Waals surface area contributed by atoms with Crippen molar-refractivity contribution in [2.45, 2.75) is 135 Å². The Morgan fingerprint density at radius 2 is 1.35 bits per heavy atom. The maximum absolute atomic E-state index is 7.15. The van der Waals surface area contributed by atoms with Crippen molar-refractivity contribution in [1.82, 2.24) is 0 Å². The standard InChI is InChI=1S/C39H60O2Si2/c1-37(2,3)42(7,8)40-28-34(33-16-12-11-13-17-33)18-14-15-29-19-20-36(41-43(9,10)38(4,5)6)35(24-29)39-25-30-21-31(26-39)23-32(22-30)27-39/h11-13,16-20,24,30-32H,14-15,21-23,25-28H2,1-10H3. The van der Waals surface area contributed by atoms with E-state index in [1.807, 2.05) is 0 Å². The number of hydrogen-bond donors (Lipinski definition) is 0. The van der Waals surface area contributed by atoms with Gasteiger partial charge in [0.05, 0.1) is 6.61 Å². The number of hydrogen-bond acceptors (Lipinski definition) is 2. The van der Waals surface area contributed by atoms with E-state index in [0.717, 1.165) is 30.6 Å². The van der Waals surface area contributed by atoms with Crippen molar-refractivity contribution in [1.29, 1.82) is 0 Å². The molecule has 0 spiro atoms. The Kier molecular flexibility index (Phi) is 9.10. The largest absolute Gasteiger partial charge is 0.543 e. The molecule has 0 heterocycles. The maximum Gasteiger partial charge on any atom is 0.250 e. The van der Waals surface area contributed by atoms with Crippen LogP contribution in [0.2, 0.25) is 36.3 Å². The Morgan fingerprint density at radius 3 is 1.88 bits per heavy atom. The molecule has 4 aliphatic rings. The van der Waals surface area contributed by atoms with Gasteiger partial charge in [-0.2, -0.15) is 0 Å². The number of rotatable bonds is 10. The van der Waals surface area contributed by atoms with Crippen molar-refractivity contribution in [2.75, 3.05) is 6.61 Å². The quantitative estimate of drug-likeness (QED) is 0.247. The molecule has 236 valence electrons. The molecule has 4 fully saturated rings. The highest BCUT2D eigenvalue weighted by atomic mass is 28.4. The zero-order chi connectivity index (χ0) is 31.3. The number of allylic oxidation sites excluding steroid dienone is 1. The lowest BCUT2D eigenvalue weighted by Gasteiger charge is -2.57. The van der Waals surface area contributed by atoms with Crippen molar-refractivity contribution < 1.29 is 8.85 Å². The second-order valence-electron chi connectivity index (χ2n) is 17.6. The fourth-order valence-electron chi connectivity index (χ4n) is 7.90. The van der Waals surface area contributed by atoms with E-state index in [-0.39, 0.29) is 10.1 Å². The van der Waals surface area contributed by atoms with E-state index in [1.54, 1.807) is 5.56 Å². The van der Waals surface area contributed by atoms with Gasteiger partial charge in [0.2, 0.25) is 8.32 Å². The predicted octanol–water partition coefficient (Wildman–Crippen LogP) is 11.6. The molecule has 0 saturated heterocycles. The van der Waals surface area contributed by atoms with Gasteiger partial charge in [0.1, 0.15) is 5.75 Å². The van der Waals surface area contributed by atoms with Crippen LogP contribution in [0.1, 0.15) is 103 Å². The number of aryl methyl sites for hydroxylation is 1. The van der Waals surface area contributed by atoms with Gasteiger partial charge in [-0.05, 0) is 139 Å². The van der Waals surface area contributed by atoms with Gasteiger partial charge in [-0.1, -0.05) is 90.1 Å². The first-order valence-corrected chi connectivity index (χ1v) is 23.0. The van der Waals surface area contributed by atoms with Crippen molar-refractivity contribution in [2.24, 2.45) is 17.8 Å². The molecule has 0 amide bonds. The summed E-state index contributed by atoms with van der Waals surface area (Å²) in [6.07, 6.45) is 13.1. The number of benzene rings is 2. The summed E-state index contributed by atoms with van der Waals surface area (Å²) in [4.78, 5) is 0. The molecule has 2 aromatic carbocycles. The molecule has 4 aliphatic carbocycles. The third-order valence-electron chi connectivity index (χ3n) is 12.2. The summed E-state index contributed by atoms with van der Waals surface area (Å²) < 4.78 is 13.9. The zero-order valence-electron chi connectivity index (χ0n) is 29.1. The Hall–Kier alpha value is -1.63. The molecule has 0 aromatic heterocycles. The molecule has 4 bridgehead atoms. The van der Waals surface area contributed by atoms with Crippen LogP contribution >= 0.6 is 0 Å². The summed E-state index contributed by atoms with van der Waals surface area (Å²) in [7, 11) is -3.78. The molecule has 4 heteroatoms. The SMILES string of the molecule is CC(C)(C)[Si](C)(C)OCC(=CCCc1ccc(O[Si](C)(C)C(C)(C)C)c(C23CC4CC(CC(C4)C2)C3)c1)c1ccccc1. The minimum absolute atomic E-state index is 0.190. The van der Waals surface area contributed by atoms with E-state index in [0.29, 0.717) is 12.0 Å². The molecule has 0 atom stereocenters. The van der Waals surface area contributed by atoms with E-state index in [9.17, 15) is 0 Å². The van der Waals surface area contributed by atoms with Crippen LogP contribution in [-0.4, -0.2) is 23.2 Å². The van der Waals surface area contributed by atoms with E-state index in [2.05, 4.69) is 122 Å². The highest BCUT2D eigenvalue weighted by Crippen LogP contribution is 2.62. The van der Waals surface area contributed by atoms with Crippen LogP contribution in [0, 0.1) is 17.8 Å². The van der Waals surface area contributed by atoms with Crippen LogP contribution < -0.4 is 4.43 Å². The Bertz CT molecular complexity index is 1260. The van der Waals surface area contributed by atoms with Gasteiger partial charge in [0.15, 0.2) is 8.32 Å². The second kappa shape index (κ2) is 11.9. The van der Waals surface area contributed by atoms with Crippen LogP contribution in [0.25, 0.3) is 5.57 Å². The minimum Gasteiger partial charge on any atom is -0.543 e. The average molecular weight is 617 g/mol. The summed E-state index contributed by atoms with van der Waals surface area (Å²) >= 11 is 0. The first-order valence-electron chi connectivity index (χ1n) is 17.2. The monoisotopic (exact) mass is 616 g/mol. The fourth-order valence-corrected chi connectivity index (χ4v) is 9.89. The van der Waals surface area contributed by atoms with Gasteiger partial charge < -0.3 is 8.85 Å². The molecule has 0 radical (unpaired) electrons. The second-order valence-corrected chi connectivity index (χ2v) is 27.1. The third-order valence-corrected chi connectivity index (χ3v) is 21.0. The molecule has 6 rings (SSSR count). The predicted molar refractivity (Wildman–Crippen MR) is 190 cm³/mol. The van der Waals surface area contributed by atoms with Crippen LogP contribution in [0.4, 0.5) is 0 Å². The summed E-state index contributed by atoms with van der Waals surface area (Å²) in [5, 5.41) is 0.395. The Balaban J connectivity index is 1.41. The van der Waals surface area contributed by atoms with Gasteiger partial charge >= 0.3 is 0 Å². The van der Waals surface area contributed by atoms with Gasteiger partial charge in [-0.3, -0.25) is 0 Å². The highest BCUT2D eigenvalue weighted by Gasteiger charge is 2.53. The third kappa shape index (κ3) is 7.12. The van der Waals surface area contributed by atoms with Gasteiger partial charge in [0, 0.05) is 0 Å². The van der Waals surface area contributed by atoms with E-state index in [4.69, 9.17) is 8.85 Å². The lowest BCUT2D eigenvalue weighted by Crippen LogP contribution is -2.49. The normalized spacial score (nSPS) is 26.2. The molecule has 4 saturated carbocycles. The molecule has 0 N–H and O–H groups in total.